The van der Waals surface area contributed by atoms with E-state index in [4.69, 9.17) is 9.40 Å². The Kier molecular flexibility index (Phi) is 5.82. The smallest absolute Gasteiger partial charge is 0.145 e. The van der Waals surface area contributed by atoms with E-state index in [1.54, 1.807) is 0 Å². The van der Waals surface area contributed by atoms with Gasteiger partial charge in [-0.1, -0.05) is 140 Å². The fourth-order valence-corrected chi connectivity index (χ4v) is 9.81. The van der Waals surface area contributed by atoms with Crippen LogP contribution in [0, 0.1) is 0 Å². The van der Waals surface area contributed by atoms with Crippen LogP contribution in [0.25, 0.3) is 78.5 Å². The third-order valence-corrected chi connectivity index (χ3v) is 11.9. The predicted octanol–water partition coefficient (Wildman–Crippen LogP) is 12.4. The average Bonchev–Trinajstić information content (AvgIpc) is 3.96. The normalized spacial score (nSPS) is 14.3. The molecule has 3 aliphatic rings. The summed E-state index contributed by atoms with van der Waals surface area (Å²) >= 11 is 0. The molecule has 2 heterocycles. The highest BCUT2D eigenvalue weighted by atomic mass is 16.3. The summed E-state index contributed by atoms with van der Waals surface area (Å²) in [4.78, 5) is 5.10. The van der Waals surface area contributed by atoms with Crippen molar-refractivity contribution in [1.29, 1.82) is 0 Å². The molecule has 0 unspecified atom stereocenters. The SMILES string of the molecule is C1=Cc2oc3c4c(ccc3c2CC1)C1(c2ccccc2-c2ccccc21)c1c(-c2ccc(-n3c(-c5ccccc5)nc5ccccc53)cc2)cccc1-4. The maximum Gasteiger partial charge on any atom is 0.145 e. The van der Waals surface area contributed by atoms with Gasteiger partial charge in [0.1, 0.15) is 17.2 Å². The summed E-state index contributed by atoms with van der Waals surface area (Å²) in [6.07, 6.45) is 6.45. The Labute approximate surface area is 307 Å². The molecule has 12 rings (SSSR count). The number of fused-ring (bicyclic) bond motifs is 15. The van der Waals surface area contributed by atoms with Crippen molar-refractivity contribution in [3.63, 3.8) is 0 Å². The van der Waals surface area contributed by atoms with Crippen LogP contribution in [0.3, 0.4) is 0 Å². The summed E-state index contributed by atoms with van der Waals surface area (Å²) in [5, 5.41) is 1.24. The standard InChI is InChI=1S/C50H32N2O/c1-2-13-32(14-3-1)49-51-43-22-9-10-23-44(43)52(49)33-27-25-31(26-28-33)34-18-12-19-39-46-42(30-29-38-37-17-6-11-24-45(37)53-48(38)46)50(47(34)39)40-20-7-4-15-35(40)36-16-5-8-21-41(36)50/h1-5,7-16,18-30H,6,17H2. The van der Waals surface area contributed by atoms with Gasteiger partial charge < -0.3 is 4.42 Å². The van der Waals surface area contributed by atoms with Crippen LogP contribution in [0.2, 0.25) is 0 Å². The van der Waals surface area contributed by atoms with Gasteiger partial charge in [-0.15, -0.1) is 0 Å². The molecule has 0 saturated heterocycles. The molecule has 53 heavy (non-hydrogen) atoms. The Bertz CT molecular complexity index is 2950. The molecule has 3 nitrogen and oxygen atoms in total. The lowest BCUT2D eigenvalue weighted by atomic mass is 9.68. The van der Waals surface area contributed by atoms with Gasteiger partial charge in [-0.3, -0.25) is 4.57 Å². The van der Waals surface area contributed by atoms with Gasteiger partial charge >= 0.3 is 0 Å². The van der Waals surface area contributed by atoms with E-state index in [0.29, 0.717) is 0 Å². The fraction of sp³-hybridized carbons (Fsp3) is 0.0600. The first kappa shape index (κ1) is 28.9. The molecule has 9 aromatic rings. The summed E-state index contributed by atoms with van der Waals surface area (Å²) in [5.74, 6) is 1.94. The molecule has 0 radical (unpaired) electrons. The Morgan fingerprint density at radius 3 is 2.08 bits per heavy atom. The van der Waals surface area contributed by atoms with E-state index < -0.39 is 5.41 Å². The van der Waals surface area contributed by atoms with Crippen LogP contribution < -0.4 is 0 Å². The number of aryl methyl sites for hydroxylation is 1. The van der Waals surface area contributed by atoms with E-state index in [-0.39, 0.29) is 0 Å². The van der Waals surface area contributed by atoms with Gasteiger partial charge in [0.2, 0.25) is 0 Å². The van der Waals surface area contributed by atoms with E-state index in [2.05, 4.69) is 174 Å². The van der Waals surface area contributed by atoms with E-state index in [9.17, 15) is 0 Å². The highest BCUT2D eigenvalue weighted by Crippen LogP contribution is 2.65. The number of imidazole rings is 1. The summed E-state index contributed by atoms with van der Waals surface area (Å²) in [6, 6.07) is 57.7. The van der Waals surface area contributed by atoms with Gasteiger partial charge in [-0.25, -0.2) is 4.98 Å². The molecule has 2 aromatic heterocycles. The molecule has 248 valence electrons. The Hall–Kier alpha value is -6.71. The first-order valence-corrected chi connectivity index (χ1v) is 18.5. The Morgan fingerprint density at radius 2 is 1.26 bits per heavy atom. The number of furan rings is 1. The van der Waals surface area contributed by atoms with Gasteiger partial charge in [0.05, 0.1) is 16.4 Å². The van der Waals surface area contributed by atoms with Crippen molar-refractivity contribution in [2.24, 2.45) is 0 Å². The maximum absolute atomic E-state index is 6.86. The Balaban J connectivity index is 1.13. The fourth-order valence-electron chi connectivity index (χ4n) is 9.81. The van der Waals surface area contributed by atoms with Crippen LogP contribution >= 0.6 is 0 Å². The van der Waals surface area contributed by atoms with Gasteiger partial charge in [0.25, 0.3) is 0 Å². The number of nitrogens with zero attached hydrogens (tertiary/aromatic N) is 2. The van der Waals surface area contributed by atoms with Crippen molar-refractivity contribution < 1.29 is 4.42 Å². The van der Waals surface area contributed by atoms with Gasteiger partial charge in [-0.2, -0.15) is 0 Å². The van der Waals surface area contributed by atoms with Crippen LogP contribution in [0.5, 0.6) is 0 Å². The molecular weight excluding hydrogens is 645 g/mol. The monoisotopic (exact) mass is 676 g/mol. The molecule has 0 N–H and O–H groups in total. The third-order valence-electron chi connectivity index (χ3n) is 11.9. The molecule has 0 fully saturated rings. The van der Waals surface area contributed by atoms with Crippen molar-refractivity contribution in [1.82, 2.24) is 9.55 Å². The first-order valence-electron chi connectivity index (χ1n) is 18.5. The number of aromatic nitrogens is 2. The average molecular weight is 677 g/mol. The second kappa shape index (κ2) is 10.7. The van der Waals surface area contributed by atoms with Crippen LogP contribution in [0.4, 0.5) is 0 Å². The minimum atomic E-state index is -0.495. The number of allylic oxidation sites excluding steroid dienone is 1. The molecule has 3 heteroatoms. The van der Waals surface area contributed by atoms with Crippen molar-refractivity contribution in [3.8, 4) is 50.5 Å². The minimum Gasteiger partial charge on any atom is -0.456 e. The molecular formula is C50H32N2O. The predicted molar refractivity (Wildman–Crippen MR) is 215 cm³/mol. The van der Waals surface area contributed by atoms with Crippen molar-refractivity contribution in [2.75, 3.05) is 0 Å². The molecule has 0 aliphatic heterocycles. The largest absolute Gasteiger partial charge is 0.456 e. The van der Waals surface area contributed by atoms with Gasteiger partial charge in [0, 0.05) is 27.8 Å². The zero-order valence-corrected chi connectivity index (χ0v) is 28.9. The van der Waals surface area contributed by atoms with E-state index >= 15 is 0 Å². The maximum atomic E-state index is 6.86. The third kappa shape index (κ3) is 3.76. The lowest BCUT2D eigenvalue weighted by Crippen LogP contribution is -2.26. The van der Waals surface area contributed by atoms with Crippen molar-refractivity contribution >= 4 is 28.1 Å². The summed E-state index contributed by atoms with van der Waals surface area (Å²) in [7, 11) is 0. The molecule has 0 bridgehead atoms. The second-order valence-electron chi connectivity index (χ2n) is 14.5. The topological polar surface area (TPSA) is 31.0 Å². The highest BCUT2D eigenvalue weighted by Gasteiger charge is 2.53. The lowest BCUT2D eigenvalue weighted by molar-refractivity contribution is 0.596. The lowest BCUT2D eigenvalue weighted by Gasteiger charge is -2.32. The zero-order chi connectivity index (χ0) is 34.7. The minimum absolute atomic E-state index is 0.495. The summed E-state index contributed by atoms with van der Waals surface area (Å²) in [6.45, 7) is 0. The van der Waals surface area contributed by atoms with Crippen molar-refractivity contribution in [3.05, 3.63) is 197 Å². The number of hydrogen-bond donors (Lipinski definition) is 0. The van der Waals surface area contributed by atoms with Gasteiger partial charge in [-0.05, 0) is 93.3 Å². The Morgan fingerprint density at radius 1 is 0.566 bits per heavy atom. The summed E-state index contributed by atoms with van der Waals surface area (Å²) in [5.41, 5.74) is 18.9. The molecule has 1 spiro atoms. The molecule has 0 atom stereocenters. The zero-order valence-electron chi connectivity index (χ0n) is 28.9. The van der Waals surface area contributed by atoms with E-state index in [1.807, 2.05) is 0 Å². The summed E-state index contributed by atoms with van der Waals surface area (Å²) < 4.78 is 9.15. The van der Waals surface area contributed by atoms with Crippen LogP contribution in [0.1, 0.15) is 40.0 Å². The molecule has 0 amide bonds. The molecule has 3 aliphatic carbocycles. The van der Waals surface area contributed by atoms with Crippen LogP contribution in [-0.2, 0) is 11.8 Å². The van der Waals surface area contributed by atoms with Crippen LogP contribution in [-0.4, -0.2) is 9.55 Å². The first-order chi connectivity index (χ1) is 26.3. The van der Waals surface area contributed by atoms with Crippen LogP contribution in [0.15, 0.2) is 168 Å². The number of para-hydroxylation sites is 2. The number of hydrogen-bond acceptors (Lipinski definition) is 2. The number of benzene rings is 7. The van der Waals surface area contributed by atoms with Gasteiger partial charge in [0.15, 0.2) is 0 Å². The molecule has 0 saturated carbocycles. The highest BCUT2D eigenvalue weighted by molar-refractivity contribution is 6.07. The van der Waals surface area contributed by atoms with E-state index in [1.165, 1.54) is 66.6 Å². The van der Waals surface area contributed by atoms with E-state index in [0.717, 1.165) is 52.3 Å². The number of rotatable bonds is 3. The molecule has 7 aromatic carbocycles. The second-order valence-corrected chi connectivity index (χ2v) is 14.5. The van der Waals surface area contributed by atoms with Crippen molar-refractivity contribution in [2.45, 2.75) is 18.3 Å². The quantitative estimate of drug-likeness (QED) is 0.186.